The molecule has 0 aliphatic heterocycles. The molecule has 0 unspecified atom stereocenters. The Kier molecular flexibility index (Phi) is 3.27. The number of oxime groups is 1. The maximum absolute atomic E-state index is 12.1. The van der Waals surface area contributed by atoms with E-state index in [1.807, 2.05) is 0 Å². The molecule has 0 aromatic carbocycles. The number of nitrogens with zero attached hydrogens (tertiary/aromatic N) is 1. The van der Waals surface area contributed by atoms with Crippen molar-refractivity contribution in [2.75, 3.05) is 0 Å². The summed E-state index contributed by atoms with van der Waals surface area (Å²) in [6, 6.07) is 1.66. The van der Waals surface area contributed by atoms with E-state index in [1.165, 1.54) is 6.26 Å². The van der Waals surface area contributed by atoms with Gasteiger partial charge in [0.15, 0.2) is 5.84 Å². The predicted molar refractivity (Wildman–Crippen MR) is 65.5 cm³/mol. The molecule has 4 N–H and O–H groups in total. The Morgan fingerprint density at radius 3 is 2.72 bits per heavy atom. The summed E-state index contributed by atoms with van der Waals surface area (Å²) in [7, 11) is 0. The number of amides is 1. The van der Waals surface area contributed by atoms with Crippen molar-refractivity contribution in [1.29, 1.82) is 0 Å². The average molecular weight is 251 g/mol. The zero-order chi connectivity index (χ0) is 13.2. The van der Waals surface area contributed by atoms with E-state index in [0.717, 1.165) is 12.8 Å². The van der Waals surface area contributed by atoms with Crippen LogP contribution in [0.3, 0.4) is 0 Å². The van der Waals surface area contributed by atoms with E-state index in [4.69, 9.17) is 15.4 Å². The summed E-state index contributed by atoms with van der Waals surface area (Å²) in [4.78, 5) is 12.1. The largest absolute Gasteiger partial charge is 0.469 e. The second-order valence-electron chi connectivity index (χ2n) is 4.67. The minimum Gasteiger partial charge on any atom is -0.469 e. The Bertz CT molecular complexity index is 473. The maximum atomic E-state index is 12.1. The van der Waals surface area contributed by atoms with Crippen LogP contribution < -0.4 is 11.1 Å². The molecule has 1 saturated carbocycles. The summed E-state index contributed by atoms with van der Waals surface area (Å²) in [6.07, 6.45) is 4.67. The van der Waals surface area contributed by atoms with E-state index in [0.29, 0.717) is 24.2 Å². The number of amidine groups is 1. The first-order valence-corrected chi connectivity index (χ1v) is 5.93. The normalized spacial score (nSPS) is 18.8. The highest BCUT2D eigenvalue weighted by Gasteiger charge is 2.40. The van der Waals surface area contributed by atoms with Gasteiger partial charge < -0.3 is 20.7 Å². The molecule has 1 aromatic rings. The first-order valence-electron chi connectivity index (χ1n) is 5.93. The summed E-state index contributed by atoms with van der Waals surface area (Å²) in [6.45, 7) is 1.77. The number of rotatable bonds is 3. The van der Waals surface area contributed by atoms with Gasteiger partial charge in [-0.3, -0.25) is 4.79 Å². The van der Waals surface area contributed by atoms with Crippen LogP contribution >= 0.6 is 0 Å². The molecule has 18 heavy (non-hydrogen) atoms. The van der Waals surface area contributed by atoms with Crippen molar-refractivity contribution in [1.82, 2.24) is 5.32 Å². The van der Waals surface area contributed by atoms with Gasteiger partial charge in [-0.1, -0.05) is 18.0 Å². The fourth-order valence-electron chi connectivity index (χ4n) is 2.37. The van der Waals surface area contributed by atoms with Crippen LogP contribution in [0.2, 0.25) is 0 Å². The van der Waals surface area contributed by atoms with E-state index < -0.39 is 5.54 Å². The van der Waals surface area contributed by atoms with Crippen molar-refractivity contribution in [2.24, 2.45) is 10.9 Å². The number of nitrogens with one attached hydrogen (secondary N) is 1. The minimum atomic E-state index is -0.725. The number of furan rings is 1. The SMILES string of the molecule is Cc1cc(C(=O)NC2(C(N)=NO)CCCC2)co1. The van der Waals surface area contributed by atoms with Crippen LogP contribution in [0, 0.1) is 6.92 Å². The molecule has 0 saturated heterocycles. The number of carbonyl (C=O) groups is 1. The molecule has 98 valence electrons. The van der Waals surface area contributed by atoms with Crippen molar-refractivity contribution in [3.63, 3.8) is 0 Å². The van der Waals surface area contributed by atoms with Crippen LogP contribution in [0.25, 0.3) is 0 Å². The molecule has 1 fully saturated rings. The third kappa shape index (κ3) is 2.18. The van der Waals surface area contributed by atoms with E-state index in [1.54, 1.807) is 13.0 Å². The van der Waals surface area contributed by atoms with Crippen LogP contribution in [-0.4, -0.2) is 22.5 Å². The summed E-state index contributed by atoms with van der Waals surface area (Å²) in [5.41, 5.74) is 5.43. The highest BCUT2D eigenvalue weighted by molar-refractivity contribution is 6.00. The number of nitrogens with two attached hydrogens (primary N) is 1. The molecule has 1 amide bonds. The maximum Gasteiger partial charge on any atom is 0.255 e. The monoisotopic (exact) mass is 251 g/mol. The fourth-order valence-corrected chi connectivity index (χ4v) is 2.37. The molecule has 0 radical (unpaired) electrons. The Labute approximate surface area is 105 Å². The molecule has 2 rings (SSSR count). The average Bonchev–Trinajstić information content (AvgIpc) is 2.98. The molecule has 1 aliphatic carbocycles. The van der Waals surface area contributed by atoms with Crippen molar-refractivity contribution in [3.8, 4) is 0 Å². The lowest BCUT2D eigenvalue weighted by Crippen LogP contribution is -2.55. The molecular weight excluding hydrogens is 234 g/mol. The number of aryl methyl sites for hydroxylation is 1. The molecular formula is C12H17N3O3. The van der Waals surface area contributed by atoms with Crippen molar-refractivity contribution in [3.05, 3.63) is 23.7 Å². The summed E-state index contributed by atoms with van der Waals surface area (Å²) in [5.74, 6) is 0.471. The van der Waals surface area contributed by atoms with Crippen molar-refractivity contribution >= 4 is 11.7 Å². The Morgan fingerprint density at radius 1 is 1.56 bits per heavy atom. The Hall–Kier alpha value is -1.98. The van der Waals surface area contributed by atoms with Gasteiger partial charge in [-0.05, 0) is 25.8 Å². The van der Waals surface area contributed by atoms with Crippen LogP contribution in [0.4, 0.5) is 0 Å². The number of hydrogen-bond acceptors (Lipinski definition) is 4. The molecule has 0 bridgehead atoms. The molecule has 0 spiro atoms. The van der Waals surface area contributed by atoms with Gasteiger partial charge in [-0.15, -0.1) is 0 Å². The second-order valence-corrected chi connectivity index (χ2v) is 4.67. The zero-order valence-corrected chi connectivity index (χ0v) is 10.3. The van der Waals surface area contributed by atoms with Crippen molar-refractivity contribution in [2.45, 2.75) is 38.1 Å². The zero-order valence-electron chi connectivity index (χ0n) is 10.3. The van der Waals surface area contributed by atoms with Gasteiger partial charge in [0.1, 0.15) is 17.6 Å². The van der Waals surface area contributed by atoms with E-state index >= 15 is 0 Å². The number of carbonyl (C=O) groups excluding carboxylic acids is 1. The van der Waals surface area contributed by atoms with Gasteiger partial charge in [-0.2, -0.15) is 0 Å². The smallest absolute Gasteiger partial charge is 0.255 e. The minimum absolute atomic E-state index is 0.0635. The lowest BCUT2D eigenvalue weighted by atomic mass is 9.95. The lowest BCUT2D eigenvalue weighted by molar-refractivity contribution is 0.0922. The highest BCUT2D eigenvalue weighted by atomic mass is 16.4. The van der Waals surface area contributed by atoms with Crippen molar-refractivity contribution < 1.29 is 14.4 Å². The van der Waals surface area contributed by atoms with Gasteiger partial charge in [0.25, 0.3) is 5.91 Å². The van der Waals surface area contributed by atoms with Crippen LogP contribution in [0.5, 0.6) is 0 Å². The summed E-state index contributed by atoms with van der Waals surface area (Å²) in [5, 5.41) is 14.7. The molecule has 6 nitrogen and oxygen atoms in total. The van der Waals surface area contributed by atoms with Crippen LogP contribution in [-0.2, 0) is 0 Å². The molecule has 6 heteroatoms. The van der Waals surface area contributed by atoms with E-state index in [9.17, 15) is 4.79 Å². The standard InChI is InChI=1S/C12H17N3O3/c1-8-6-9(7-18-8)10(16)14-12(11(13)15-17)4-2-3-5-12/h6-7,17H,2-5H2,1H3,(H2,13,15)(H,14,16). The number of hydrogen-bond donors (Lipinski definition) is 3. The third-order valence-electron chi connectivity index (χ3n) is 3.40. The molecule has 1 aromatic heterocycles. The Morgan fingerprint density at radius 2 is 2.22 bits per heavy atom. The van der Waals surface area contributed by atoms with E-state index in [-0.39, 0.29) is 11.7 Å². The molecule has 1 aliphatic rings. The quantitative estimate of drug-likeness (QED) is 0.327. The second kappa shape index (κ2) is 4.72. The highest BCUT2D eigenvalue weighted by Crippen LogP contribution is 2.30. The Balaban J connectivity index is 2.17. The predicted octanol–water partition coefficient (Wildman–Crippen LogP) is 1.38. The van der Waals surface area contributed by atoms with E-state index in [2.05, 4.69) is 10.5 Å². The van der Waals surface area contributed by atoms with Gasteiger partial charge in [0.05, 0.1) is 5.56 Å². The first kappa shape index (κ1) is 12.5. The summed E-state index contributed by atoms with van der Waals surface area (Å²) < 4.78 is 5.10. The third-order valence-corrected chi connectivity index (χ3v) is 3.40. The topological polar surface area (TPSA) is 101 Å². The molecule has 0 atom stereocenters. The fraction of sp³-hybridized carbons (Fsp3) is 0.500. The molecule has 1 heterocycles. The first-order chi connectivity index (χ1) is 8.57. The van der Waals surface area contributed by atoms with Crippen LogP contribution in [0.15, 0.2) is 21.9 Å². The van der Waals surface area contributed by atoms with Gasteiger partial charge in [0, 0.05) is 0 Å². The summed E-state index contributed by atoms with van der Waals surface area (Å²) >= 11 is 0. The van der Waals surface area contributed by atoms with Gasteiger partial charge in [-0.25, -0.2) is 0 Å². The van der Waals surface area contributed by atoms with Gasteiger partial charge >= 0.3 is 0 Å². The van der Waals surface area contributed by atoms with Crippen LogP contribution in [0.1, 0.15) is 41.8 Å². The van der Waals surface area contributed by atoms with Gasteiger partial charge in [0.2, 0.25) is 0 Å². The lowest BCUT2D eigenvalue weighted by Gasteiger charge is -2.28.